The number of nitrogens with two attached hydrogens (primary N) is 1. The standard InChI is InChI=1S/C15H13BrN4O3S/c1-20-13-7-2-9(16)8-12(13)14(15(20)21)19-18-10-3-5-11(6-4-10)24(17,22)23/h2-8,21H,1H3,(H2,17,22,23). The SMILES string of the molecule is Cn1c(O)c(N=Nc2ccc(S(N)(=O)=O)cc2)c2cc(Br)ccc21. The Morgan fingerprint density at radius 2 is 1.79 bits per heavy atom. The molecule has 1 heterocycles. The van der Waals surface area contributed by atoms with Crippen molar-refractivity contribution in [2.75, 3.05) is 0 Å². The van der Waals surface area contributed by atoms with Gasteiger partial charge >= 0.3 is 0 Å². The first-order valence-electron chi connectivity index (χ1n) is 6.79. The molecule has 0 aliphatic rings. The summed E-state index contributed by atoms with van der Waals surface area (Å²) in [4.78, 5) is -0.00149. The number of hydrogen-bond donors (Lipinski definition) is 2. The maximum atomic E-state index is 11.2. The third-order valence-corrected chi connectivity index (χ3v) is 4.96. The summed E-state index contributed by atoms with van der Waals surface area (Å²) in [6.45, 7) is 0. The molecule has 124 valence electrons. The van der Waals surface area contributed by atoms with E-state index < -0.39 is 10.0 Å². The minimum Gasteiger partial charge on any atom is -0.493 e. The molecule has 0 saturated heterocycles. The summed E-state index contributed by atoms with van der Waals surface area (Å²) in [6.07, 6.45) is 0. The molecule has 2 aromatic carbocycles. The zero-order valence-corrected chi connectivity index (χ0v) is 14.9. The quantitative estimate of drug-likeness (QED) is 0.644. The summed E-state index contributed by atoms with van der Waals surface area (Å²) in [6, 6.07) is 11.2. The Morgan fingerprint density at radius 3 is 2.42 bits per heavy atom. The number of primary sulfonamides is 1. The first-order valence-corrected chi connectivity index (χ1v) is 9.13. The van der Waals surface area contributed by atoms with Gasteiger partial charge in [-0.3, -0.25) is 0 Å². The highest BCUT2D eigenvalue weighted by Gasteiger charge is 2.14. The third-order valence-electron chi connectivity index (χ3n) is 3.54. The van der Waals surface area contributed by atoms with Crippen molar-refractivity contribution < 1.29 is 13.5 Å². The van der Waals surface area contributed by atoms with Crippen molar-refractivity contribution in [3.8, 4) is 5.88 Å². The molecule has 1 aromatic heterocycles. The lowest BCUT2D eigenvalue weighted by Gasteiger charge is -1.98. The fourth-order valence-corrected chi connectivity index (χ4v) is 3.17. The van der Waals surface area contributed by atoms with Crippen LogP contribution in [0.5, 0.6) is 5.88 Å². The number of fused-ring (bicyclic) bond motifs is 1. The van der Waals surface area contributed by atoms with E-state index in [1.807, 2.05) is 18.2 Å². The molecule has 0 aliphatic carbocycles. The van der Waals surface area contributed by atoms with Crippen LogP contribution in [0.4, 0.5) is 11.4 Å². The largest absolute Gasteiger partial charge is 0.493 e. The van der Waals surface area contributed by atoms with Crippen LogP contribution in [0, 0.1) is 0 Å². The summed E-state index contributed by atoms with van der Waals surface area (Å²) in [5.74, 6) is -0.00648. The first-order chi connectivity index (χ1) is 11.3. The minimum atomic E-state index is -3.74. The molecule has 3 rings (SSSR count). The van der Waals surface area contributed by atoms with E-state index in [1.54, 1.807) is 11.6 Å². The molecule has 0 bridgehead atoms. The van der Waals surface area contributed by atoms with Gasteiger partial charge in [-0.15, -0.1) is 5.11 Å². The molecule has 3 N–H and O–H groups in total. The Labute approximate surface area is 146 Å². The molecule has 24 heavy (non-hydrogen) atoms. The second-order valence-electron chi connectivity index (χ2n) is 5.13. The summed E-state index contributed by atoms with van der Waals surface area (Å²) >= 11 is 3.39. The smallest absolute Gasteiger partial charge is 0.238 e. The number of aromatic nitrogens is 1. The minimum absolute atomic E-state index is 0.00149. The number of azo groups is 1. The van der Waals surface area contributed by atoms with Crippen molar-refractivity contribution in [3.63, 3.8) is 0 Å². The molecular weight excluding hydrogens is 396 g/mol. The third kappa shape index (κ3) is 3.05. The van der Waals surface area contributed by atoms with Gasteiger partial charge in [0.25, 0.3) is 0 Å². The lowest BCUT2D eigenvalue weighted by molar-refractivity contribution is 0.436. The van der Waals surface area contributed by atoms with E-state index in [4.69, 9.17) is 5.14 Å². The summed E-state index contributed by atoms with van der Waals surface area (Å²) in [7, 11) is -2.02. The van der Waals surface area contributed by atoms with Crippen LogP contribution in [-0.4, -0.2) is 18.1 Å². The molecule has 0 unspecified atom stereocenters. The van der Waals surface area contributed by atoms with Gasteiger partial charge in [0.15, 0.2) is 5.69 Å². The van der Waals surface area contributed by atoms with Crippen molar-refractivity contribution in [2.45, 2.75) is 4.90 Å². The van der Waals surface area contributed by atoms with Gasteiger partial charge in [0, 0.05) is 16.9 Å². The van der Waals surface area contributed by atoms with Crippen LogP contribution in [0.1, 0.15) is 0 Å². The van der Waals surface area contributed by atoms with Gasteiger partial charge in [-0.05, 0) is 42.5 Å². The Kier molecular flexibility index (Phi) is 4.16. The number of aromatic hydroxyl groups is 1. The van der Waals surface area contributed by atoms with Crippen LogP contribution in [-0.2, 0) is 17.1 Å². The predicted octanol–water partition coefficient (Wildman–Crippen LogP) is 3.71. The second-order valence-corrected chi connectivity index (χ2v) is 7.61. The van der Waals surface area contributed by atoms with Crippen LogP contribution in [0.15, 0.2) is 62.1 Å². The molecule has 0 radical (unpaired) electrons. The van der Waals surface area contributed by atoms with E-state index in [9.17, 15) is 13.5 Å². The molecular formula is C15H13BrN4O3S. The summed E-state index contributed by atoms with van der Waals surface area (Å²) in [5, 5.41) is 24.2. The number of aryl methyl sites for hydroxylation is 1. The Hall–Kier alpha value is -2.23. The van der Waals surface area contributed by atoms with Crippen molar-refractivity contribution in [1.29, 1.82) is 0 Å². The van der Waals surface area contributed by atoms with Crippen molar-refractivity contribution in [2.24, 2.45) is 22.4 Å². The average molecular weight is 409 g/mol. The van der Waals surface area contributed by atoms with Gasteiger partial charge in [-0.1, -0.05) is 15.9 Å². The molecule has 9 heteroatoms. The van der Waals surface area contributed by atoms with E-state index >= 15 is 0 Å². The van der Waals surface area contributed by atoms with Gasteiger partial charge in [0.2, 0.25) is 15.9 Å². The highest BCUT2D eigenvalue weighted by molar-refractivity contribution is 9.10. The number of benzene rings is 2. The zero-order valence-electron chi connectivity index (χ0n) is 12.5. The zero-order chi connectivity index (χ0) is 17.5. The fraction of sp³-hybridized carbons (Fsp3) is 0.0667. The highest BCUT2D eigenvalue weighted by Crippen LogP contribution is 2.39. The monoisotopic (exact) mass is 408 g/mol. The molecule has 0 atom stereocenters. The van der Waals surface area contributed by atoms with E-state index in [0.717, 1.165) is 15.4 Å². The van der Waals surface area contributed by atoms with Gasteiger partial charge in [0.05, 0.1) is 16.1 Å². The van der Waals surface area contributed by atoms with Gasteiger partial charge in [-0.25, -0.2) is 13.6 Å². The average Bonchev–Trinajstić information content (AvgIpc) is 2.76. The topological polar surface area (TPSA) is 110 Å². The Balaban J connectivity index is 2.02. The fourth-order valence-electron chi connectivity index (χ4n) is 2.29. The lowest BCUT2D eigenvalue weighted by atomic mass is 10.2. The highest BCUT2D eigenvalue weighted by atomic mass is 79.9. The molecule has 0 saturated carbocycles. The molecule has 0 spiro atoms. The lowest BCUT2D eigenvalue weighted by Crippen LogP contribution is -2.11. The molecule has 0 amide bonds. The number of rotatable bonds is 3. The van der Waals surface area contributed by atoms with E-state index in [0.29, 0.717) is 11.4 Å². The molecule has 3 aromatic rings. The normalized spacial score (nSPS) is 12.3. The van der Waals surface area contributed by atoms with Crippen molar-refractivity contribution in [3.05, 3.63) is 46.9 Å². The van der Waals surface area contributed by atoms with Gasteiger partial charge < -0.3 is 9.67 Å². The van der Waals surface area contributed by atoms with Crippen LogP contribution < -0.4 is 5.14 Å². The van der Waals surface area contributed by atoms with E-state index in [1.165, 1.54) is 24.3 Å². The maximum absolute atomic E-state index is 11.2. The van der Waals surface area contributed by atoms with E-state index in [2.05, 4.69) is 26.2 Å². The van der Waals surface area contributed by atoms with Crippen molar-refractivity contribution >= 4 is 48.2 Å². The number of sulfonamides is 1. The maximum Gasteiger partial charge on any atom is 0.238 e. The van der Waals surface area contributed by atoms with Gasteiger partial charge in [0.1, 0.15) is 0 Å². The number of hydrogen-bond acceptors (Lipinski definition) is 5. The number of halogens is 1. The second kappa shape index (κ2) is 6.00. The van der Waals surface area contributed by atoms with Crippen LogP contribution in [0.25, 0.3) is 10.9 Å². The molecule has 7 nitrogen and oxygen atoms in total. The first kappa shape index (κ1) is 16.6. The Morgan fingerprint density at radius 1 is 1.12 bits per heavy atom. The summed E-state index contributed by atoms with van der Waals surface area (Å²) in [5.41, 5.74) is 1.59. The van der Waals surface area contributed by atoms with E-state index in [-0.39, 0.29) is 10.8 Å². The van der Waals surface area contributed by atoms with Crippen LogP contribution in [0.3, 0.4) is 0 Å². The van der Waals surface area contributed by atoms with Crippen LogP contribution >= 0.6 is 15.9 Å². The molecule has 0 fully saturated rings. The predicted molar refractivity (Wildman–Crippen MR) is 94.3 cm³/mol. The van der Waals surface area contributed by atoms with Crippen LogP contribution in [0.2, 0.25) is 0 Å². The number of nitrogens with zero attached hydrogens (tertiary/aromatic N) is 3. The van der Waals surface area contributed by atoms with Gasteiger partial charge in [-0.2, -0.15) is 5.11 Å². The Bertz CT molecular complexity index is 1060. The summed E-state index contributed by atoms with van der Waals surface area (Å²) < 4.78 is 24.9. The molecule has 0 aliphatic heterocycles. The van der Waals surface area contributed by atoms with Crippen molar-refractivity contribution in [1.82, 2.24) is 4.57 Å².